The highest BCUT2D eigenvalue weighted by Crippen LogP contribution is 2.24. The number of aliphatic hydroxyl groups is 8. The summed E-state index contributed by atoms with van der Waals surface area (Å²) in [5.41, 5.74) is 0. The molecule has 1 aliphatic carbocycles. The summed E-state index contributed by atoms with van der Waals surface area (Å²) in [5.74, 6) is 0. The molecular weight excluding hydrogens is 378 g/mol. The molecule has 11 heteroatoms. The summed E-state index contributed by atoms with van der Waals surface area (Å²) in [5, 5.41) is 78.7. The molecule has 28 heavy (non-hydrogen) atoms. The summed E-state index contributed by atoms with van der Waals surface area (Å²) in [4.78, 5) is 2.99. The van der Waals surface area contributed by atoms with Gasteiger partial charge < -0.3 is 50.3 Å². The fourth-order valence-electron chi connectivity index (χ4n) is 3.46. The monoisotopic (exact) mass is 410 g/mol. The van der Waals surface area contributed by atoms with Crippen LogP contribution < -0.4 is 4.99 Å². The van der Waals surface area contributed by atoms with Gasteiger partial charge in [0.15, 0.2) is 18.6 Å². The molecule has 0 aromatic carbocycles. The van der Waals surface area contributed by atoms with Gasteiger partial charge in [-0.3, -0.25) is 0 Å². The van der Waals surface area contributed by atoms with Crippen LogP contribution in [0, 0.1) is 0 Å². The Bertz CT molecular complexity index is 487. The maximum atomic E-state index is 10.4. The molecule has 164 valence electrons. The van der Waals surface area contributed by atoms with E-state index in [9.17, 15) is 40.9 Å². The van der Waals surface area contributed by atoms with Gasteiger partial charge in [-0.15, -0.1) is 0 Å². The zero-order valence-corrected chi connectivity index (χ0v) is 15.5. The molecule has 1 saturated heterocycles. The van der Waals surface area contributed by atoms with E-state index in [0.29, 0.717) is 0 Å². The van der Waals surface area contributed by atoms with Crippen LogP contribution in [0.2, 0.25) is 0 Å². The summed E-state index contributed by atoms with van der Waals surface area (Å²) >= 11 is 0. The average Bonchev–Trinajstić information content (AvgIpc) is 3.22. The third-order valence-electron chi connectivity index (χ3n) is 5.25. The Morgan fingerprint density at radius 1 is 1.00 bits per heavy atom. The van der Waals surface area contributed by atoms with Crippen LogP contribution in [-0.2, 0) is 9.47 Å². The second-order valence-corrected chi connectivity index (χ2v) is 7.34. The van der Waals surface area contributed by atoms with Crippen LogP contribution in [0.15, 0.2) is 0 Å². The maximum Gasteiger partial charge on any atom is 0.187 e. The van der Waals surface area contributed by atoms with E-state index >= 15 is 0 Å². The molecule has 2 aliphatic rings. The molecule has 2 fully saturated rings. The van der Waals surface area contributed by atoms with E-state index in [1.165, 1.54) is 6.21 Å². The van der Waals surface area contributed by atoms with Gasteiger partial charge in [-0.1, -0.05) is 0 Å². The molecule has 9 N–H and O–H groups in total. The van der Waals surface area contributed by atoms with Crippen molar-refractivity contribution in [2.24, 2.45) is 0 Å². The summed E-state index contributed by atoms with van der Waals surface area (Å²) in [6, 6.07) is 0.175. The minimum atomic E-state index is -1.75. The molecule has 6 unspecified atom stereocenters. The van der Waals surface area contributed by atoms with E-state index in [2.05, 4.69) is 4.99 Å². The Kier molecular flexibility index (Phi) is 9.15. The van der Waals surface area contributed by atoms with E-state index in [4.69, 9.17) is 9.47 Å². The zero-order valence-electron chi connectivity index (χ0n) is 15.5. The van der Waals surface area contributed by atoms with Gasteiger partial charge in [0, 0.05) is 12.8 Å². The first-order valence-corrected chi connectivity index (χ1v) is 9.50. The van der Waals surface area contributed by atoms with E-state index in [1.54, 1.807) is 0 Å². The van der Waals surface area contributed by atoms with Gasteiger partial charge in [-0.05, 0) is 12.8 Å². The molecular formula is C17H32NO10+. The van der Waals surface area contributed by atoms with Gasteiger partial charge in [0.05, 0.1) is 13.2 Å². The normalized spacial score (nSPS) is 36.5. The van der Waals surface area contributed by atoms with E-state index < -0.39 is 68.3 Å². The fourth-order valence-corrected chi connectivity index (χ4v) is 3.46. The number of hydrogen-bond acceptors (Lipinski definition) is 10. The molecule has 0 spiro atoms. The van der Waals surface area contributed by atoms with Crippen LogP contribution in [0.3, 0.4) is 0 Å². The van der Waals surface area contributed by atoms with Crippen molar-refractivity contribution in [3.8, 4) is 0 Å². The molecule has 0 aromatic rings. The number of rotatable bonds is 9. The molecule has 0 amide bonds. The van der Waals surface area contributed by atoms with Crippen molar-refractivity contribution in [3.05, 3.63) is 0 Å². The van der Waals surface area contributed by atoms with Crippen molar-refractivity contribution in [2.45, 2.75) is 86.8 Å². The first-order chi connectivity index (χ1) is 13.3. The summed E-state index contributed by atoms with van der Waals surface area (Å²) in [6.45, 7) is -1.50. The molecule has 2 rings (SSSR count). The molecule has 1 saturated carbocycles. The maximum absolute atomic E-state index is 10.4. The molecule has 1 heterocycles. The SMILES string of the molecule is OCC1O[C@@H](O[C@H](C(O)CO)C(O)C(O)C=[NH+]C2CCCC2)C(O)C(O)[C@H]1O. The Morgan fingerprint density at radius 2 is 1.64 bits per heavy atom. The first kappa shape index (κ1) is 23.5. The quantitative estimate of drug-likeness (QED) is 0.165. The van der Waals surface area contributed by atoms with Gasteiger partial charge in [0.25, 0.3) is 0 Å². The Morgan fingerprint density at radius 3 is 2.21 bits per heavy atom. The Balaban J connectivity index is 2.07. The largest absolute Gasteiger partial charge is 0.394 e. The number of aliphatic hydroxyl groups excluding tert-OH is 8. The molecule has 0 radical (unpaired) electrons. The Labute approximate surface area is 162 Å². The molecule has 0 bridgehead atoms. The van der Waals surface area contributed by atoms with Gasteiger partial charge in [-0.2, -0.15) is 0 Å². The van der Waals surface area contributed by atoms with Crippen molar-refractivity contribution in [1.29, 1.82) is 0 Å². The predicted octanol–water partition coefficient (Wildman–Crippen LogP) is -5.66. The zero-order chi connectivity index (χ0) is 20.8. The van der Waals surface area contributed by atoms with E-state index in [1.807, 2.05) is 0 Å². The third kappa shape index (κ3) is 5.66. The lowest BCUT2D eigenvalue weighted by Crippen LogP contribution is -2.77. The number of nitrogens with one attached hydrogen (secondary N) is 1. The van der Waals surface area contributed by atoms with E-state index in [0.717, 1.165) is 25.7 Å². The van der Waals surface area contributed by atoms with Crippen molar-refractivity contribution in [3.63, 3.8) is 0 Å². The first-order valence-electron chi connectivity index (χ1n) is 9.50. The second-order valence-electron chi connectivity index (χ2n) is 7.34. The topological polar surface area (TPSA) is 194 Å². The van der Waals surface area contributed by atoms with Crippen molar-refractivity contribution in [2.75, 3.05) is 13.2 Å². The van der Waals surface area contributed by atoms with Gasteiger partial charge in [0.2, 0.25) is 0 Å². The van der Waals surface area contributed by atoms with Crippen molar-refractivity contribution >= 4 is 6.21 Å². The lowest BCUT2D eigenvalue weighted by atomic mass is 9.98. The van der Waals surface area contributed by atoms with Crippen LogP contribution in [0.5, 0.6) is 0 Å². The summed E-state index contributed by atoms with van der Waals surface area (Å²) < 4.78 is 10.5. The molecule has 9 atom stereocenters. The molecule has 0 aromatic heterocycles. The standard InChI is InChI=1S/C17H31NO10/c19-6-10(22)16(12(23)9(21)5-18-8-3-1-2-4-8)28-17-15(26)14(25)13(24)11(7-20)27-17/h5,8-17,19-26H,1-4,6-7H2/p+1/t9?,10?,11?,12?,13-,14?,15?,16+,17-/m0/s1. The van der Waals surface area contributed by atoms with Crippen LogP contribution in [0.1, 0.15) is 25.7 Å². The van der Waals surface area contributed by atoms with Crippen molar-refractivity contribution < 1.29 is 55.3 Å². The molecule has 1 aliphatic heterocycles. The third-order valence-corrected chi connectivity index (χ3v) is 5.25. The summed E-state index contributed by atoms with van der Waals surface area (Å²) in [6.07, 6.45) is -9.08. The second kappa shape index (κ2) is 10.9. The predicted molar refractivity (Wildman–Crippen MR) is 93.0 cm³/mol. The van der Waals surface area contributed by atoms with Crippen LogP contribution in [0.4, 0.5) is 0 Å². The van der Waals surface area contributed by atoms with Crippen LogP contribution in [-0.4, -0.2) is 121 Å². The lowest BCUT2D eigenvalue weighted by Gasteiger charge is -2.42. The lowest BCUT2D eigenvalue weighted by molar-refractivity contribution is -0.499. The Hall–Kier alpha value is -0.730. The minimum absolute atomic E-state index is 0.175. The van der Waals surface area contributed by atoms with Gasteiger partial charge in [0.1, 0.15) is 48.8 Å². The average molecular weight is 410 g/mol. The highest BCUT2D eigenvalue weighted by molar-refractivity contribution is 5.57. The fraction of sp³-hybridized carbons (Fsp3) is 0.941. The number of hydrogen-bond donors (Lipinski definition) is 9. The smallest absolute Gasteiger partial charge is 0.187 e. The molecule has 11 nitrogen and oxygen atoms in total. The van der Waals surface area contributed by atoms with Gasteiger partial charge in [-0.25, -0.2) is 4.99 Å². The highest BCUT2D eigenvalue weighted by Gasteiger charge is 2.46. The van der Waals surface area contributed by atoms with Crippen LogP contribution >= 0.6 is 0 Å². The van der Waals surface area contributed by atoms with E-state index in [-0.39, 0.29) is 6.04 Å². The minimum Gasteiger partial charge on any atom is -0.394 e. The summed E-state index contributed by atoms with van der Waals surface area (Å²) in [7, 11) is 0. The van der Waals surface area contributed by atoms with Crippen molar-refractivity contribution in [1.82, 2.24) is 0 Å². The highest BCUT2D eigenvalue weighted by atomic mass is 16.7. The number of ether oxygens (including phenoxy) is 2. The van der Waals surface area contributed by atoms with Crippen LogP contribution in [0.25, 0.3) is 0 Å². The van der Waals surface area contributed by atoms with Gasteiger partial charge >= 0.3 is 0 Å².